The molecule has 1 aromatic carbocycles. The fourth-order valence-electron chi connectivity index (χ4n) is 1.54. The number of benzene rings is 1. The summed E-state index contributed by atoms with van der Waals surface area (Å²) in [5.41, 5.74) is 0.521. The summed E-state index contributed by atoms with van der Waals surface area (Å²) in [5.74, 6) is -0.433. The van der Waals surface area contributed by atoms with Gasteiger partial charge in [0, 0.05) is 0 Å². The standard InChI is InChI=1S/C8H8NO.C2H2ClO.2CH3O.Sn/c1-9-8(10)7-5-3-2-4-6-7;3-1-2-4;2*1-2;/h2-6H,1H2,(H,9,10);1H2;2*1H3;/q;;2*-1;+2. The van der Waals surface area contributed by atoms with Gasteiger partial charge < -0.3 is 0 Å². The fourth-order valence-corrected chi connectivity index (χ4v) is 7.78. The molecule has 0 spiro atoms. The average molecular weight is 392 g/mol. The number of hydrogen-bond acceptors (Lipinski definition) is 4. The molecular weight excluding hydrogens is 376 g/mol. The molecule has 0 radical (unpaired) electrons. The molecule has 0 saturated carbocycles. The second-order valence-corrected chi connectivity index (χ2v) is 13.3. The topological polar surface area (TPSA) is 64.6 Å². The first-order chi connectivity index (χ1) is 9.09. The third-order valence-corrected chi connectivity index (χ3v) is 12.1. The third-order valence-electron chi connectivity index (χ3n) is 2.72. The monoisotopic (exact) mass is 393 g/mol. The van der Waals surface area contributed by atoms with Gasteiger partial charge in [-0.3, -0.25) is 0 Å². The molecule has 0 unspecified atom stereocenters. The zero-order valence-electron chi connectivity index (χ0n) is 10.8. The zero-order chi connectivity index (χ0) is 14.3. The van der Waals surface area contributed by atoms with E-state index in [1.54, 1.807) is 24.3 Å². The van der Waals surface area contributed by atoms with Gasteiger partial charge in [-0.1, -0.05) is 0 Å². The molecular formula is C12H16ClNO4Sn. The molecule has 5 nitrogen and oxygen atoms in total. The number of nitrogens with one attached hydrogen (secondary N) is 1. The minimum absolute atomic E-state index is 0.0982. The molecule has 104 valence electrons. The van der Waals surface area contributed by atoms with E-state index in [9.17, 15) is 9.59 Å². The van der Waals surface area contributed by atoms with Crippen LogP contribution < -0.4 is 5.32 Å². The van der Waals surface area contributed by atoms with E-state index in [4.69, 9.17) is 17.7 Å². The molecule has 1 amide bonds. The van der Waals surface area contributed by atoms with Crippen LogP contribution in [0.4, 0.5) is 0 Å². The van der Waals surface area contributed by atoms with Crippen molar-refractivity contribution in [3.63, 3.8) is 0 Å². The predicted octanol–water partition coefficient (Wildman–Crippen LogP) is 1.04. The number of carbonyl (C=O) groups excluding carboxylic acids is 2. The second-order valence-electron chi connectivity index (χ2n) is 3.77. The number of amides is 1. The molecule has 7 heteroatoms. The van der Waals surface area contributed by atoms with E-state index < -0.39 is 19.2 Å². The molecule has 0 bridgehead atoms. The Morgan fingerprint density at radius 1 is 1.21 bits per heavy atom. The summed E-state index contributed by atoms with van der Waals surface area (Å²) in [6, 6.07) is 8.73. The Balaban J connectivity index is 2.72. The summed E-state index contributed by atoms with van der Waals surface area (Å²) >= 11 is 1.59. The molecule has 0 aliphatic rings. The zero-order valence-corrected chi connectivity index (χ0v) is 14.4. The number of halogens is 1. The SMILES string of the molecule is C[O][Sn]([CH2]NC(=O)c1ccccc1)([O]C)[C](=O)CCl. The van der Waals surface area contributed by atoms with E-state index in [-0.39, 0.29) is 20.1 Å². The van der Waals surface area contributed by atoms with Crippen LogP contribution in [0.1, 0.15) is 10.4 Å². The maximum atomic E-state index is 11.9. The third kappa shape index (κ3) is 4.17. The normalized spacial score (nSPS) is 11.1. The van der Waals surface area contributed by atoms with E-state index in [1.165, 1.54) is 14.2 Å². The second kappa shape index (κ2) is 7.84. The fraction of sp³-hybridized carbons (Fsp3) is 0.333. The Hall–Kier alpha value is -0.631. The Morgan fingerprint density at radius 3 is 2.26 bits per heavy atom. The van der Waals surface area contributed by atoms with Crippen molar-refractivity contribution in [2.45, 2.75) is 0 Å². The summed E-state index contributed by atoms with van der Waals surface area (Å²) in [7, 11) is 2.83. The van der Waals surface area contributed by atoms with Crippen molar-refractivity contribution in [3.8, 4) is 0 Å². The molecule has 0 atom stereocenters. The van der Waals surface area contributed by atoms with Crippen LogP contribution in [0.5, 0.6) is 0 Å². The van der Waals surface area contributed by atoms with Crippen molar-refractivity contribution in [2.75, 3.05) is 24.7 Å². The van der Waals surface area contributed by atoms with Gasteiger partial charge in [0.1, 0.15) is 0 Å². The molecule has 1 N–H and O–H groups in total. The van der Waals surface area contributed by atoms with Crippen LogP contribution in [0.15, 0.2) is 30.3 Å². The average Bonchev–Trinajstić information content (AvgIpc) is 2.49. The molecule has 0 fully saturated rings. The molecule has 1 rings (SSSR count). The quantitative estimate of drug-likeness (QED) is 0.556. The predicted molar refractivity (Wildman–Crippen MR) is 74.3 cm³/mol. The molecule has 0 heterocycles. The summed E-state index contributed by atoms with van der Waals surface area (Å²) in [4.78, 5) is 23.7. The van der Waals surface area contributed by atoms with Crippen LogP contribution in [-0.4, -0.2) is 53.6 Å². The summed E-state index contributed by atoms with van der Waals surface area (Å²) in [5, 5.41) is 2.68. The Kier molecular flexibility index (Phi) is 6.77. The molecule has 0 aromatic heterocycles. The van der Waals surface area contributed by atoms with Crippen LogP contribution in [-0.2, 0) is 10.9 Å². The number of carbonyl (C=O) groups is 2. The van der Waals surface area contributed by atoms with Crippen molar-refractivity contribution >= 4 is 40.5 Å². The van der Waals surface area contributed by atoms with E-state index in [1.807, 2.05) is 6.07 Å². The van der Waals surface area contributed by atoms with Gasteiger partial charge in [-0.25, -0.2) is 0 Å². The maximum absolute atomic E-state index is 11.9. The number of rotatable bonds is 7. The van der Waals surface area contributed by atoms with Crippen LogP contribution in [0.3, 0.4) is 0 Å². The van der Waals surface area contributed by atoms with E-state index >= 15 is 0 Å². The molecule has 1 aromatic rings. The summed E-state index contributed by atoms with van der Waals surface area (Å²) < 4.78 is 10.4. The van der Waals surface area contributed by atoms with Crippen LogP contribution >= 0.6 is 11.6 Å². The summed E-state index contributed by atoms with van der Waals surface area (Å²) in [6.07, 6.45) is 0. The molecule has 19 heavy (non-hydrogen) atoms. The van der Waals surface area contributed by atoms with Crippen molar-refractivity contribution in [2.24, 2.45) is 0 Å². The Labute approximate surface area is 122 Å². The van der Waals surface area contributed by atoms with Gasteiger partial charge in [0.25, 0.3) is 0 Å². The first-order valence-corrected chi connectivity index (χ1v) is 11.9. The Bertz CT molecular complexity index is 437. The molecule has 0 saturated heterocycles. The molecule has 0 aliphatic heterocycles. The van der Waals surface area contributed by atoms with Crippen molar-refractivity contribution in [1.82, 2.24) is 5.32 Å². The van der Waals surface area contributed by atoms with Gasteiger partial charge in [0.15, 0.2) is 0 Å². The van der Waals surface area contributed by atoms with Gasteiger partial charge in [0.05, 0.1) is 0 Å². The van der Waals surface area contributed by atoms with Crippen molar-refractivity contribution < 1.29 is 15.7 Å². The van der Waals surface area contributed by atoms with Gasteiger partial charge in [-0.2, -0.15) is 0 Å². The van der Waals surface area contributed by atoms with Gasteiger partial charge in [-0.15, -0.1) is 0 Å². The van der Waals surface area contributed by atoms with Gasteiger partial charge in [0.2, 0.25) is 0 Å². The van der Waals surface area contributed by atoms with Crippen molar-refractivity contribution in [3.05, 3.63) is 35.9 Å². The van der Waals surface area contributed by atoms with E-state index in [2.05, 4.69) is 5.32 Å². The Morgan fingerprint density at radius 2 is 1.79 bits per heavy atom. The van der Waals surface area contributed by atoms with E-state index in [0.717, 1.165) is 0 Å². The first-order valence-electron chi connectivity index (χ1n) is 5.62. The first kappa shape index (κ1) is 16.4. The van der Waals surface area contributed by atoms with Gasteiger partial charge in [-0.05, 0) is 0 Å². The summed E-state index contributed by atoms with van der Waals surface area (Å²) in [6.45, 7) is 0. The van der Waals surface area contributed by atoms with Crippen LogP contribution in [0.2, 0.25) is 0 Å². The van der Waals surface area contributed by atoms with Crippen LogP contribution in [0.25, 0.3) is 0 Å². The van der Waals surface area contributed by atoms with E-state index in [0.29, 0.717) is 5.56 Å². The van der Waals surface area contributed by atoms with Crippen LogP contribution in [0, 0.1) is 0 Å². The van der Waals surface area contributed by atoms with Crippen molar-refractivity contribution in [1.29, 1.82) is 0 Å². The number of hydrogen-bond donors (Lipinski definition) is 1. The minimum atomic E-state index is -3.96. The number of alkyl halides is 1. The van der Waals surface area contributed by atoms with Gasteiger partial charge >= 0.3 is 122 Å². The molecule has 0 aliphatic carbocycles.